The van der Waals surface area contributed by atoms with Gasteiger partial charge in [0.1, 0.15) is 0 Å². The van der Waals surface area contributed by atoms with E-state index in [-0.39, 0.29) is 5.91 Å². The fourth-order valence-corrected chi connectivity index (χ4v) is 3.50. The van der Waals surface area contributed by atoms with Crippen LogP contribution >= 0.6 is 11.3 Å². The molecule has 0 saturated carbocycles. The number of fused-ring (bicyclic) bond motifs is 1. The number of nitrogens with one attached hydrogen (secondary N) is 1. The number of amides is 1. The van der Waals surface area contributed by atoms with E-state index in [1.54, 1.807) is 11.3 Å². The Hall–Kier alpha value is -0.870. The zero-order valence-corrected chi connectivity index (χ0v) is 10.0. The van der Waals surface area contributed by atoms with Gasteiger partial charge in [0, 0.05) is 31.6 Å². The first-order valence-electron chi connectivity index (χ1n) is 5.87. The van der Waals surface area contributed by atoms with Crippen molar-refractivity contribution in [1.29, 1.82) is 0 Å². The van der Waals surface area contributed by atoms with Gasteiger partial charge in [0.25, 0.3) is 0 Å². The summed E-state index contributed by atoms with van der Waals surface area (Å²) in [5.41, 5.74) is 1.41. The largest absolute Gasteiger partial charge is 0.352 e. The normalized spacial score (nSPS) is 30.1. The molecule has 3 rings (SSSR count). The minimum absolute atomic E-state index is 0.235. The Bertz CT molecular complexity index is 376. The average Bonchev–Trinajstić information content (AvgIpc) is 2.89. The summed E-state index contributed by atoms with van der Waals surface area (Å²) in [5.74, 6) is 0.235. The van der Waals surface area contributed by atoms with Crippen LogP contribution in [0.1, 0.15) is 24.8 Å². The molecule has 0 radical (unpaired) electrons. The summed E-state index contributed by atoms with van der Waals surface area (Å²) in [6.45, 7) is 2.16. The predicted octanol–water partition coefficient (Wildman–Crippen LogP) is 1.60. The number of likely N-dealkylation sites (tertiary alicyclic amines) is 1. The van der Waals surface area contributed by atoms with E-state index in [0.717, 1.165) is 25.9 Å². The Morgan fingerprint density at radius 1 is 1.50 bits per heavy atom. The molecule has 2 fully saturated rings. The van der Waals surface area contributed by atoms with Crippen molar-refractivity contribution in [1.82, 2.24) is 10.2 Å². The Balaban J connectivity index is 1.67. The van der Waals surface area contributed by atoms with E-state index >= 15 is 0 Å². The van der Waals surface area contributed by atoms with Crippen LogP contribution in [0.4, 0.5) is 0 Å². The lowest BCUT2D eigenvalue weighted by molar-refractivity contribution is -0.124. The van der Waals surface area contributed by atoms with Crippen LogP contribution in [0.3, 0.4) is 0 Å². The molecule has 3 heterocycles. The standard InChI is InChI=1S/C12H16N2OS/c15-12-2-1-11-10(13-12)3-5-14(11)7-9-4-6-16-8-9/h4,6,8,10-11H,1-3,5,7H2,(H,13,15)/t10-,11+/m0/s1. The van der Waals surface area contributed by atoms with Gasteiger partial charge in [0.05, 0.1) is 0 Å². The first-order chi connectivity index (χ1) is 7.83. The zero-order valence-electron chi connectivity index (χ0n) is 9.19. The van der Waals surface area contributed by atoms with E-state index in [4.69, 9.17) is 0 Å². The molecule has 0 bridgehead atoms. The molecule has 2 aliphatic heterocycles. The lowest BCUT2D eigenvalue weighted by atomic mass is 9.99. The van der Waals surface area contributed by atoms with Gasteiger partial charge in [-0.3, -0.25) is 9.69 Å². The van der Waals surface area contributed by atoms with Crippen LogP contribution in [0.5, 0.6) is 0 Å². The van der Waals surface area contributed by atoms with Gasteiger partial charge in [-0.1, -0.05) is 0 Å². The maximum absolute atomic E-state index is 11.3. The summed E-state index contributed by atoms with van der Waals surface area (Å²) in [6, 6.07) is 3.16. The lowest BCUT2D eigenvalue weighted by Crippen LogP contribution is -2.49. The molecule has 2 aliphatic rings. The molecule has 16 heavy (non-hydrogen) atoms. The van der Waals surface area contributed by atoms with Crippen LogP contribution in [0.2, 0.25) is 0 Å². The van der Waals surface area contributed by atoms with E-state index in [2.05, 4.69) is 27.0 Å². The Morgan fingerprint density at radius 2 is 2.44 bits per heavy atom. The number of piperidine rings is 1. The summed E-state index contributed by atoms with van der Waals surface area (Å²) in [6.07, 6.45) is 2.84. The average molecular weight is 236 g/mol. The van der Waals surface area contributed by atoms with Crippen molar-refractivity contribution in [2.24, 2.45) is 0 Å². The molecule has 1 aromatic rings. The van der Waals surface area contributed by atoms with Crippen LogP contribution in [-0.4, -0.2) is 29.4 Å². The molecule has 1 N–H and O–H groups in total. The van der Waals surface area contributed by atoms with Crippen molar-refractivity contribution in [3.8, 4) is 0 Å². The summed E-state index contributed by atoms with van der Waals surface area (Å²) in [4.78, 5) is 13.8. The van der Waals surface area contributed by atoms with Crippen molar-refractivity contribution < 1.29 is 4.79 Å². The third kappa shape index (κ3) is 1.87. The third-order valence-corrected chi connectivity index (χ3v) is 4.37. The number of carbonyl (C=O) groups is 1. The number of hydrogen-bond acceptors (Lipinski definition) is 3. The molecule has 4 heteroatoms. The number of nitrogens with zero attached hydrogens (tertiary/aromatic N) is 1. The quantitative estimate of drug-likeness (QED) is 0.846. The Labute approximate surface area is 99.5 Å². The molecule has 0 aliphatic carbocycles. The minimum atomic E-state index is 0.235. The van der Waals surface area contributed by atoms with Crippen molar-refractivity contribution in [2.45, 2.75) is 37.9 Å². The Morgan fingerprint density at radius 3 is 3.25 bits per heavy atom. The van der Waals surface area contributed by atoms with Gasteiger partial charge in [-0.2, -0.15) is 11.3 Å². The second-order valence-electron chi connectivity index (χ2n) is 4.67. The van der Waals surface area contributed by atoms with Crippen LogP contribution < -0.4 is 5.32 Å². The van der Waals surface area contributed by atoms with Crippen molar-refractivity contribution in [3.05, 3.63) is 22.4 Å². The van der Waals surface area contributed by atoms with E-state index in [1.807, 2.05) is 0 Å². The molecule has 0 unspecified atom stereocenters. The molecular formula is C12H16N2OS. The van der Waals surface area contributed by atoms with Crippen LogP contribution in [-0.2, 0) is 11.3 Å². The molecule has 1 aromatic heterocycles. The number of thiophene rings is 1. The molecular weight excluding hydrogens is 220 g/mol. The number of hydrogen-bond donors (Lipinski definition) is 1. The Kier molecular flexibility index (Phi) is 2.69. The molecule has 2 saturated heterocycles. The van der Waals surface area contributed by atoms with Crippen LogP contribution in [0.15, 0.2) is 16.8 Å². The summed E-state index contributed by atoms with van der Waals surface area (Å²) >= 11 is 1.76. The lowest BCUT2D eigenvalue weighted by Gasteiger charge is -2.31. The summed E-state index contributed by atoms with van der Waals surface area (Å²) in [5, 5.41) is 7.46. The van der Waals surface area contributed by atoms with Gasteiger partial charge in [-0.25, -0.2) is 0 Å². The highest BCUT2D eigenvalue weighted by Gasteiger charge is 2.37. The van der Waals surface area contributed by atoms with Gasteiger partial charge in [0.2, 0.25) is 5.91 Å². The predicted molar refractivity (Wildman–Crippen MR) is 64.3 cm³/mol. The van der Waals surface area contributed by atoms with Gasteiger partial charge >= 0.3 is 0 Å². The van der Waals surface area contributed by atoms with Crippen LogP contribution in [0, 0.1) is 0 Å². The molecule has 2 atom stereocenters. The van der Waals surface area contributed by atoms with Gasteiger partial charge in [0.15, 0.2) is 0 Å². The fourth-order valence-electron chi connectivity index (χ4n) is 2.84. The molecule has 3 nitrogen and oxygen atoms in total. The monoisotopic (exact) mass is 236 g/mol. The first-order valence-corrected chi connectivity index (χ1v) is 6.82. The highest BCUT2D eigenvalue weighted by Crippen LogP contribution is 2.27. The topological polar surface area (TPSA) is 32.3 Å². The van der Waals surface area contributed by atoms with Crippen LogP contribution in [0.25, 0.3) is 0 Å². The molecule has 1 amide bonds. The SMILES string of the molecule is O=C1CC[C@@H]2[C@H](CCN2Cc2ccsc2)N1. The minimum Gasteiger partial charge on any atom is -0.352 e. The fraction of sp³-hybridized carbons (Fsp3) is 0.583. The molecule has 0 spiro atoms. The second-order valence-corrected chi connectivity index (χ2v) is 5.45. The van der Waals surface area contributed by atoms with E-state index in [1.165, 1.54) is 5.56 Å². The highest BCUT2D eigenvalue weighted by atomic mass is 32.1. The number of rotatable bonds is 2. The highest BCUT2D eigenvalue weighted by molar-refractivity contribution is 7.07. The van der Waals surface area contributed by atoms with Crippen molar-refractivity contribution >= 4 is 17.2 Å². The maximum atomic E-state index is 11.3. The van der Waals surface area contributed by atoms with Gasteiger partial charge < -0.3 is 5.32 Å². The van der Waals surface area contributed by atoms with Gasteiger partial charge in [-0.05, 0) is 35.2 Å². The van der Waals surface area contributed by atoms with Crippen molar-refractivity contribution in [2.75, 3.05) is 6.54 Å². The summed E-state index contributed by atoms with van der Waals surface area (Å²) in [7, 11) is 0. The first kappa shape index (κ1) is 10.3. The third-order valence-electron chi connectivity index (χ3n) is 3.64. The van der Waals surface area contributed by atoms with Gasteiger partial charge in [-0.15, -0.1) is 0 Å². The van der Waals surface area contributed by atoms with E-state index in [0.29, 0.717) is 18.5 Å². The van der Waals surface area contributed by atoms with E-state index in [9.17, 15) is 4.79 Å². The van der Waals surface area contributed by atoms with E-state index < -0.39 is 0 Å². The molecule has 86 valence electrons. The summed E-state index contributed by atoms with van der Waals surface area (Å²) < 4.78 is 0. The number of carbonyl (C=O) groups excluding carboxylic acids is 1. The zero-order chi connectivity index (χ0) is 11.0. The second kappa shape index (κ2) is 4.18. The van der Waals surface area contributed by atoms with Crippen molar-refractivity contribution in [3.63, 3.8) is 0 Å². The molecule has 0 aromatic carbocycles. The maximum Gasteiger partial charge on any atom is 0.220 e. The smallest absolute Gasteiger partial charge is 0.220 e.